The number of benzene rings is 2. The van der Waals surface area contributed by atoms with Gasteiger partial charge >= 0.3 is 11.9 Å². The Bertz CT molecular complexity index is 1490. The summed E-state index contributed by atoms with van der Waals surface area (Å²) in [6.07, 6.45) is 3.27. The number of ether oxygens (including phenoxy) is 1. The average molecular weight is 568 g/mol. The topological polar surface area (TPSA) is 155 Å². The molecule has 0 saturated carbocycles. The molecule has 0 spiro atoms. The number of rotatable bonds is 9. The van der Waals surface area contributed by atoms with Crippen molar-refractivity contribution in [2.45, 2.75) is 12.8 Å². The van der Waals surface area contributed by atoms with Gasteiger partial charge in [-0.2, -0.15) is 0 Å². The molecule has 0 amide bonds. The van der Waals surface area contributed by atoms with E-state index >= 15 is 0 Å². The van der Waals surface area contributed by atoms with Crippen LogP contribution in [0.25, 0.3) is 21.0 Å². The van der Waals surface area contributed by atoms with Gasteiger partial charge in [0.15, 0.2) is 0 Å². The van der Waals surface area contributed by atoms with Crippen molar-refractivity contribution in [3.63, 3.8) is 0 Å². The van der Waals surface area contributed by atoms with Crippen LogP contribution in [-0.2, 0) is 9.59 Å². The first-order valence-corrected chi connectivity index (χ1v) is 13.6. The molecule has 5 rings (SSSR count). The summed E-state index contributed by atoms with van der Waals surface area (Å²) in [5.41, 5.74) is 2.11. The van der Waals surface area contributed by atoms with E-state index < -0.39 is 11.9 Å². The zero-order valence-electron chi connectivity index (χ0n) is 21.9. The number of unbranched alkanes of at least 4 members (excludes halogenated alkanes) is 1. The predicted octanol–water partition coefficient (Wildman–Crippen LogP) is 3.61. The van der Waals surface area contributed by atoms with Crippen LogP contribution >= 0.6 is 11.3 Å². The van der Waals surface area contributed by atoms with Crippen LogP contribution < -0.4 is 15.2 Å². The van der Waals surface area contributed by atoms with E-state index in [1.54, 1.807) is 6.07 Å². The summed E-state index contributed by atoms with van der Waals surface area (Å²) in [5.74, 6) is -1.70. The van der Waals surface area contributed by atoms with E-state index in [1.807, 2.05) is 35.6 Å². The Kier molecular flexibility index (Phi) is 11.2. The second-order valence-corrected chi connectivity index (χ2v) is 10.0. The lowest BCUT2D eigenvalue weighted by molar-refractivity contribution is -0.134. The number of H-pyrrole nitrogens is 1. The predicted molar refractivity (Wildman–Crippen MR) is 158 cm³/mol. The highest BCUT2D eigenvalue weighted by atomic mass is 32.1. The van der Waals surface area contributed by atoms with E-state index in [2.05, 4.69) is 44.4 Å². The van der Waals surface area contributed by atoms with Crippen LogP contribution in [0.2, 0.25) is 0 Å². The van der Waals surface area contributed by atoms with Crippen LogP contribution in [0.4, 0.5) is 5.69 Å². The number of pyridine rings is 1. The van der Waals surface area contributed by atoms with E-state index in [0.29, 0.717) is 18.8 Å². The smallest absolute Gasteiger partial charge is 0.328 e. The van der Waals surface area contributed by atoms with E-state index in [9.17, 15) is 14.4 Å². The molecule has 1 fully saturated rings. The fraction of sp³-hybridized carbons (Fsp3) is 0.276. The summed E-state index contributed by atoms with van der Waals surface area (Å²) in [6.45, 7) is 6.20. The van der Waals surface area contributed by atoms with E-state index in [4.69, 9.17) is 14.9 Å². The summed E-state index contributed by atoms with van der Waals surface area (Å²) in [5, 5.41) is 20.2. The van der Waals surface area contributed by atoms with Crippen molar-refractivity contribution in [2.24, 2.45) is 0 Å². The molecule has 2 aromatic carbocycles. The van der Waals surface area contributed by atoms with Gasteiger partial charge in [0.2, 0.25) is 5.56 Å². The van der Waals surface area contributed by atoms with Crippen molar-refractivity contribution in [1.29, 1.82) is 0 Å². The fourth-order valence-electron chi connectivity index (χ4n) is 4.45. The van der Waals surface area contributed by atoms with E-state index in [1.165, 1.54) is 15.8 Å². The Balaban J connectivity index is 0.000000431. The van der Waals surface area contributed by atoms with Gasteiger partial charge in [-0.1, -0.05) is 6.07 Å². The monoisotopic (exact) mass is 567 g/mol. The Morgan fingerprint density at radius 1 is 0.950 bits per heavy atom. The van der Waals surface area contributed by atoms with Gasteiger partial charge in [-0.05, 0) is 66.6 Å². The van der Waals surface area contributed by atoms with Crippen LogP contribution in [0.5, 0.6) is 5.75 Å². The number of fused-ring (bicyclic) bond motifs is 2. The minimum atomic E-state index is -1.26. The summed E-state index contributed by atoms with van der Waals surface area (Å²) < 4.78 is 7.28. The molecule has 1 aliphatic rings. The van der Waals surface area contributed by atoms with Crippen molar-refractivity contribution in [1.82, 2.24) is 9.88 Å². The quantitative estimate of drug-likeness (QED) is 0.205. The summed E-state index contributed by atoms with van der Waals surface area (Å²) >= 11 is 1.82. The number of thiophene rings is 1. The molecule has 0 bridgehead atoms. The summed E-state index contributed by atoms with van der Waals surface area (Å²) in [4.78, 5) is 38.5. The average Bonchev–Trinajstić information content (AvgIpc) is 3.41. The molecule has 0 unspecified atom stereocenters. The van der Waals surface area contributed by atoms with Crippen molar-refractivity contribution in [3.05, 3.63) is 82.5 Å². The number of anilines is 1. The highest BCUT2D eigenvalue weighted by Crippen LogP contribution is 2.31. The Morgan fingerprint density at radius 2 is 1.68 bits per heavy atom. The van der Waals surface area contributed by atoms with Crippen LogP contribution in [0.3, 0.4) is 0 Å². The van der Waals surface area contributed by atoms with Crippen molar-refractivity contribution >= 4 is 50.0 Å². The molecule has 3 heterocycles. The van der Waals surface area contributed by atoms with Crippen LogP contribution in [0, 0.1) is 0 Å². The number of piperazine rings is 1. The number of carboxylic acid groups (broad SMARTS) is 2. The van der Waals surface area contributed by atoms with Gasteiger partial charge in [-0.3, -0.25) is 9.69 Å². The third kappa shape index (κ3) is 8.67. The van der Waals surface area contributed by atoms with Crippen molar-refractivity contribution < 1.29 is 30.0 Å². The van der Waals surface area contributed by atoms with Crippen molar-refractivity contribution in [2.75, 3.05) is 44.2 Å². The molecule has 0 radical (unpaired) electrons. The molecule has 0 aliphatic carbocycles. The molecule has 212 valence electrons. The lowest BCUT2D eigenvalue weighted by atomic mass is 10.2. The highest BCUT2D eigenvalue weighted by Gasteiger charge is 2.18. The zero-order valence-corrected chi connectivity index (χ0v) is 22.7. The lowest BCUT2D eigenvalue weighted by Crippen LogP contribution is -2.46. The minimum Gasteiger partial charge on any atom is -0.494 e. The maximum absolute atomic E-state index is 11.5. The fourth-order valence-corrected chi connectivity index (χ4v) is 5.26. The first-order valence-electron chi connectivity index (χ1n) is 12.7. The van der Waals surface area contributed by atoms with Gasteiger partial charge in [0, 0.05) is 66.2 Å². The van der Waals surface area contributed by atoms with Crippen molar-refractivity contribution in [3.8, 4) is 5.75 Å². The third-order valence-corrected chi connectivity index (χ3v) is 7.27. The standard InChI is InChI=1S/C25H27N3O2S.C4H4O4.H2O/c29-25-9-7-19-6-8-20(18-22(19)26-25)30-16-2-1-11-27-12-14-28(15-13-27)23-4-3-5-24-21(23)10-17-31-24;5-3(6)1-2-4(7)8;/h3-10,17-18H,1-2,11-16H2,(H,26,29);1-2H,(H,5,6)(H,7,8);1H2/b;2-1+;. The molecule has 11 heteroatoms. The number of nitrogens with zero attached hydrogens (tertiary/aromatic N) is 2. The number of aromatic amines is 1. The minimum absolute atomic E-state index is 0. The zero-order chi connectivity index (χ0) is 27.6. The maximum Gasteiger partial charge on any atom is 0.328 e. The number of carbonyl (C=O) groups is 2. The molecule has 2 aromatic heterocycles. The molecule has 40 heavy (non-hydrogen) atoms. The normalized spacial score (nSPS) is 13.6. The first kappa shape index (κ1) is 30.4. The lowest BCUT2D eigenvalue weighted by Gasteiger charge is -2.36. The molecule has 5 N–H and O–H groups in total. The second kappa shape index (κ2) is 14.8. The van der Waals surface area contributed by atoms with Gasteiger partial charge in [0.25, 0.3) is 0 Å². The number of aliphatic carboxylic acids is 2. The van der Waals surface area contributed by atoms with Gasteiger partial charge in [0.1, 0.15) is 5.75 Å². The van der Waals surface area contributed by atoms with Gasteiger partial charge in [0.05, 0.1) is 12.1 Å². The number of hydrogen-bond acceptors (Lipinski definition) is 7. The number of aromatic nitrogens is 1. The number of carboxylic acids is 2. The molecule has 0 atom stereocenters. The summed E-state index contributed by atoms with van der Waals surface area (Å²) in [6, 6.07) is 18.1. The number of nitrogens with one attached hydrogen (secondary N) is 1. The van der Waals surface area contributed by atoms with Crippen LogP contribution in [-0.4, -0.2) is 76.8 Å². The summed E-state index contributed by atoms with van der Waals surface area (Å²) in [7, 11) is 0. The van der Waals surface area contributed by atoms with Crippen LogP contribution in [0.15, 0.2) is 76.9 Å². The van der Waals surface area contributed by atoms with E-state index in [-0.39, 0.29) is 11.0 Å². The Morgan fingerprint density at radius 3 is 2.40 bits per heavy atom. The largest absolute Gasteiger partial charge is 0.494 e. The molecular weight excluding hydrogens is 534 g/mol. The van der Waals surface area contributed by atoms with Gasteiger partial charge in [-0.25, -0.2) is 9.59 Å². The van der Waals surface area contributed by atoms with Crippen LogP contribution in [0.1, 0.15) is 12.8 Å². The highest BCUT2D eigenvalue weighted by molar-refractivity contribution is 7.17. The SMILES string of the molecule is O.O=C(O)/C=C/C(=O)O.O=c1ccc2ccc(OCCCCN3CCN(c4cccc5sccc45)CC3)cc2[nH]1. The maximum atomic E-state index is 11.5. The Hall–Kier alpha value is -4.19. The molecule has 4 aromatic rings. The van der Waals surface area contributed by atoms with Gasteiger partial charge in [-0.15, -0.1) is 11.3 Å². The molecule has 10 nitrogen and oxygen atoms in total. The van der Waals surface area contributed by atoms with Gasteiger partial charge < -0.3 is 30.3 Å². The molecule has 1 saturated heterocycles. The second-order valence-electron chi connectivity index (χ2n) is 9.08. The Labute approximate surface area is 235 Å². The molecule has 1 aliphatic heterocycles. The number of hydrogen-bond donors (Lipinski definition) is 3. The molecular formula is C29H33N3O7S. The van der Waals surface area contributed by atoms with E-state index in [0.717, 1.165) is 62.2 Å². The first-order chi connectivity index (χ1) is 18.9. The third-order valence-electron chi connectivity index (χ3n) is 6.39.